The lowest BCUT2D eigenvalue weighted by atomic mass is 10.1. The molecule has 1 unspecified atom stereocenters. The molecule has 0 spiro atoms. The van der Waals surface area contributed by atoms with Crippen molar-refractivity contribution in [3.05, 3.63) is 45.2 Å². The van der Waals surface area contributed by atoms with Crippen LogP contribution in [0.1, 0.15) is 46.2 Å². The molecular weight excluding hydrogens is 511 g/mol. The van der Waals surface area contributed by atoms with Gasteiger partial charge in [0.25, 0.3) is 5.56 Å². The molecule has 1 amide bonds. The molecular formula is C23H28ClFN6O4S. The number of pyridine rings is 2. The van der Waals surface area contributed by atoms with Gasteiger partial charge in [0.1, 0.15) is 28.4 Å². The zero-order valence-electron chi connectivity index (χ0n) is 20.7. The molecule has 3 heterocycles. The first-order valence-electron chi connectivity index (χ1n) is 11.1. The summed E-state index contributed by atoms with van der Waals surface area (Å²) in [6.45, 7) is 9.28. The Morgan fingerprint density at radius 3 is 2.69 bits per heavy atom. The summed E-state index contributed by atoms with van der Waals surface area (Å²) in [6, 6.07) is 3.34. The number of H-pyrrole nitrogens is 1. The van der Waals surface area contributed by atoms with E-state index in [1.54, 1.807) is 46.2 Å². The van der Waals surface area contributed by atoms with E-state index in [-0.39, 0.29) is 28.0 Å². The van der Waals surface area contributed by atoms with Crippen molar-refractivity contribution in [3.63, 3.8) is 0 Å². The van der Waals surface area contributed by atoms with Gasteiger partial charge in [-0.1, -0.05) is 29.4 Å². The van der Waals surface area contributed by atoms with Crippen LogP contribution in [-0.4, -0.2) is 50.5 Å². The van der Waals surface area contributed by atoms with Gasteiger partial charge in [0, 0.05) is 24.3 Å². The van der Waals surface area contributed by atoms with Gasteiger partial charge in [0.05, 0.1) is 0 Å². The second-order valence-electron chi connectivity index (χ2n) is 8.95. The predicted molar refractivity (Wildman–Crippen MR) is 138 cm³/mol. The van der Waals surface area contributed by atoms with Crippen LogP contribution in [0.4, 0.5) is 15.0 Å². The average Bonchev–Trinajstić information content (AvgIpc) is 2.79. The van der Waals surface area contributed by atoms with Gasteiger partial charge >= 0.3 is 6.09 Å². The summed E-state index contributed by atoms with van der Waals surface area (Å²) in [5.41, 5.74) is -0.705. The Morgan fingerprint density at radius 2 is 2.03 bits per heavy atom. The van der Waals surface area contributed by atoms with Crippen molar-refractivity contribution < 1.29 is 18.7 Å². The van der Waals surface area contributed by atoms with Crippen molar-refractivity contribution >= 4 is 46.2 Å². The fourth-order valence-electron chi connectivity index (χ4n) is 3.24. The molecule has 0 aliphatic rings. The molecule has 3 N–H and O–H groups in total. The van der Waals surface area contributed by atoms with Crippen LogP contribution in [0.2, 0.25) is 5.15 Å². The van der Waals surface area contributed by atoms with Crippen molar-refractivity contribution in [2.75, 3.05) is 18.1 Å². The maximum absolute atomic E-state index is 14.5. The molecule has 2 atom stereocenters. The highest BCUT2D eigenvalue weighted by Crippen LogP contribution is 2.28. The van der Waals surface area contributed by atoms with E-state index < -0.39 is 34.3 Å². The number of aromatic amines is 1. The van der Waals surface area contributed by atoms with Crippen molar-refractivity contribution in [2.24, 2.45) is 0 Å². The van der Waals surface area contributed by atoms with Gasteiger partial charge in [0.2, 0.25) is 5.88 Å². The number of nitrogens with zero attached hydrogens (tertiary/aromatic N) is 3. The van der Waals surface area contributed by atoms with Crippen LogP contribution in [0.25, 0.3) is 10.9 Å². The number of rotatable bonds is 8. The quantitative estimate of drug-likeness (QED) is 0.212. The van der Waals surface area contributed by atoms with E-state index in [4.69, 9.17) is 21.1 Å². The lowest BCUT2D eigenvalue weighted by Crippen LogP contribution is -2.32. The van der Waals surface area contributed by atoms with Gasteiger partial charge in [-0.2, -0.15) is 4.98 Å². The van der Waals surface area contributed by atoms with Gasteiger partial charge in [-0.3, -0.25) is 10.1 Å². The van der Waals surface area contributed by atoms with Crippen LogP contribution in [0.3, 0.4) is 0 Å². The molecule has 13 heteroatoms. The van der Waals surface area contributed by atoms with Crippen LogP contribution in [0.5, 0.6) is 5.88 Å². The van der Waals surface area contributed by atoms with E-state index in [0.717, 1.165) is 17.3 Å². The smallest absolute Gasteiger partial charge is 0.413 e. The molecule has 194 valence electrons. The number of hydrogen-bond donors (Lipinski definition) is 3. The Morgan fingerprint density at radius 1 is 1.31 bits per heavy atom. The largest absolute Gasteiger partial charge is 0.473 e. The summed E-state index contributed by atoms with van der Waals surface area (Å²) in [6.07, 6.45) is 2.16. The highest BCUT2D eigenvalue weighted by atomic mass is 35.5. The normalized spacial score (nSPS) is 13.3. The van der Waals surface area contributed by atoms with Crippen molar-refractivity contribution in [2.45, 2.75) is 57.5 Å². The van der Waals surface area contributed by atoms with Gasteiger partial charge in [0.15, 0.2) is 16.1 Å². The van der Waals surface area contributed by atoms with E-state index in [1.165, 1.54) is 0 Å². The van der Waals surface area contributed by atoms with Gasteiger partial charge in [-0.05, 0) is 46.9 Å². The molecule has 0 fully saturated rings. The van der Waals surface area contributed by atoms with Gasteiger partial charge < -0.3 is 19.8 Å². The third-order valence-corrected chi connectivity index (χ3v) is 5.67. The first-order chi connectivity index (χ1) is 16.9. The number of carbonyl (C=O) groups is 1. The summed E-state index contributed by atoms with van der Waals surface area (Å²) >= 11 is 7.10. The minimum atomic E-state index is -0.888. The molecule has 0 saturated carbocycles. The summed E-state index contributed by atoms with van der Waals surface area (Å²) in [7, 11) is 0. The summed E-state index contributed by atoms with van der Waals surface area (Å²) in [5, 5.41) is 5.65. The van der Waals surface area contributed by atoms with E-state index in [2.05, 4.69) is 30.6 Å². The second kappa shape index (κ2) is 11.4. The molecule has 3 aromatic heterocycles. The number of hydrogen-bond acceptors (Lipinski definition) is 9. The molecule has 0 aliphatic heterocycles. The van der Waals surface area contributed by atoms with Gasteiger partial charge in [-0.25, -0.2) is 19.2 Å². The van der Waals surface area contributed by atoms with Crippen molar-refractivity contribution in [1.82, 2.24) is 25.3 Å². The fraction of sp³-hybridized carbons (Fsp3) is 0.435. The van der Waals surface area contributed by atoms with E-state index in [9.17, 15) is 14.0 Å². The van der Waals surface area contributed by atoms with Crippen LogP contribution in [0, 0.1) is 5.82 Å². The average molecular weight is 539 g/mol. The van der Waals surface area contributed by atoms with E-state index >= 15 is 0 Å². The number of anilines is 1. The Kier molecular flexibility index (Phi) is 8.75. The molecule has 0 radical (unpaired) electrons. The third kappa shape index (κ3) is 6.83. The second-order valence-corrected chi connectivity index (χ2v) is 10.1. The number of amides is 1. The first-order valence-corrected chi connectivity index (χ1v) is 12.7. The molecule has 0 aliphatic carbocycles. The number of ether oxygens (including phenoxy) is 2. The number of aromatic nitrogens is 4. The monoisotopic (exact) mass is 538 g/mol. The molecule has 36 heavy (non-hydrogen) atoms. The topological polar surface area (TPSA) is 131 Å². The maximum atomic E-state index is 14.5. The zero-order chi connectivity index (χ0) is 26.6. The lowest BCUT2D eigenvalue weighted by molar-refractivity contribution is 0.0635. The van der Waals surface area contributed by atoms with Crippen LogP contribution >= 0.6 is 23.4 Å². The minimum Gasteiger partial charge on any atom is -0.473 e. The fourth-order valence-corrected chi connectivity index (χ4v) is 3.78. The third-order valence-electron chi connectivity index (χ3n) is 4.84. The molecule has 10 nitrogen and oxygen atoms in total. The highest BCUT2D eigenvalue weighted by molar-refractivity contribution is 7.98. The van der Waals surface area contributed by atoms with Crippen LogP contribution in [-0.2, 0) is 4.74 Å². The Bertz CT molecular complexity index is 1320. The number of halogens is 2. The van der Waals surface area contributed by atoms with Crippen LogP contribution in [0.15, 0.2) is 28.3 Å². The number of nitrogens with one attached hydrogen (secondary N) is 3. The van der Waals surface area contributed by atoms with E-state index in [0.29, 0.717) is 12.4 Å². The Balaban J connectivity index is 1.73. The Hall–Kier alpha value is -2.96. The van der Waals surface area contributed by atoms with Gasteiger partial charge in [-0.15, -0.1) is 0 Å². The van der Waals surface area contributed by atoms with Crippen LogP contribution < -0.4 is 20.9 Å². The van der Waals surface area contributed by atoms with E-state index in [1.807, 2.05) is 13.0 Å². The highest BCUT2D eigenvalue weighted by Gasteiger charge is 2.22. The summed E-state index contributed by atoms with van der Waals surface area (Å²) in [4.78, 5) is 39.6. The van der Waals surface area contributed by atoms with Crippen molar-refractivity contribution in [1.29, 1.82) is 0 Å². The molecule has 3 aromatic rings. The maximum Gasteiger partial charge on any atom is 0.413 e. The minimum absolute atomic E-state index is 0.117. The lowest BCUT2D eigenvalue weighted by Gasteiger charge is -2.22. The molecule has 0 bridgehead atoms. The number of fused-ring (bicyclic) bond motifs is 1. The first kappa shape index (κ1) is 27.6. The standard InChI is InChI=1S/C23H28ClFN6O4S/c1-11(34-20-14-16(15(25)17(24)29-20)28-21(36-6)31-19(14)32)10-27-12(2)13-8-7-9-26-18(13)30-22(33)35-23(3,4)5/h7-9,11-12,27H,10H2,1-6H3,(H,26,30,33)(H,28,31,32)/t11-,12?/m0/s1. The van der Waals surface area contributed by atoms with Crippen molar-refractivity contribution in [3.8, 4) is 5.88 Å². The Labute approximate surface area is 216 Å². The summed E-state index contributed by atoms with van der Waals surface area (Å²) in [5.74, 6) is -0.643. The molecule has 0 aromatic carbocycles. The number of carbonyl (C=O) groups excluding carboxylic acids is 1. The predicted octanol–water partition coefficient (Wildman–Crippen LogP) is 4.69. The zero-order valence-corrected chi connectivity index (χ0v) is 22.3. The molecule has 0 saturated heterocycles. The molecule has 3 rings (SSSR count). The summed E-state index contributed by atoms with van der Waals surface area (Å²) < 4.78 is 25.7. The SMILES string of the molecule is CSc1nc2c(F)c(Cl)nc(O[C@@H](C)CNC(C)c3cccnc3NC(=O)OC(C)(C)C)c2c(=O)[nH]1. The number of thioether (sulfide) groups is 1.